The lowest BCUT2D eigenvalue weighted by molar-refractivity contribution is 0.0650. The molecule has 4 atom stereocenters. The lowest BCUT2D eigenvalue weighted by Gasteiger charge is -2.29. The fourth-order valence-corrected chi connectivity index (χ4v) is 3.26. The molecule has 2 saturated heterocycles. The number of hydrogen-bond acceptors (Lipinski definition) is 3. The van der Waals surface area contributed by atoms with E-state index in [0.29, 0.717) is 5.92 Å². The molecule has 0 aromatic rings. The Labute approximate surface area is 106 Å². The first kappa shape index (κ1) is 13.3. The molecule has 1 N–H and O–H groups in total. The second-order valence-corrected chi connectivity index (χ2v) is 6.05. The van der Waals surface area contributed by atoms with E-state index < -0.39 is 0 Å². The topological polar surface area (TPSA) is 26.7 Å². The number of aliphatic hydroxyl groups is 1. The molecule has 2 fully saturated rings. The normalized spacial score (nSPS) is 34.6. The maximum atomic E-state index is 10.1. The van der Waals surface area contributed by atoms with Gasteiger partial charge in [0.15, 0.2) is 0 Å². The molecule has 0 aromatic carbocycles. The van der Waals surface area contributed by atoms with Crippen molar-refractivity contribution in [3.05, 3.63) is 0 Å². The van der Waals surface area contributed by atoms with Crippen molar-refractivity contribution in [2.45, 2.75) is 57.7 Å². The molecule has 3 nitrogen and oxygen atoms in total. The highest BCUT2D eigenvalue weighted by molar-refractivity contribution is 4.91. The van der Waals surface area contributed by atoms with Crippen LogP contribution in [0.5, 0.6) is 0 Å². The quantitative estimate of drug-likeness (QED) is 0.808. The summed E-state index contributed by atoms with van der Waals surface area (Å²) < 4.78 is 0. The molecule has 17 heavy (non-hydrogen) atoms. The van der Waals surface area contributed by atoms with Gasteiger partial charge in [-0.25, -0.2) is 0 Å². The molecular weight excluding hydrogens is 212 g/mol. The van der Waals surface area contributed by atoms with Crippen LogP contribution in [0.25, 0.3) is 0 Å². The van der Waals surface area contributed by atoms with E-state index in [1.807, 2.05) is 0 Å². The number of likely N-dealkylation sites (tertiary alicyclic amines) is 1. The van der Waals surface area contributed by atoms with Crippen LogP contribution >= 0.6 is 0 Å². The first-order valence-electron chi connectivity index (χ1n) is 7.24. The Hall–Kier alpha value is -0.120. The van der Waals surface area contributed by atoms with Crippen molar-refractivity contribution in [3.8, 4) is 0 Å². The molecule has 2 aliphatic heterocycles. The molecule has 0 aliphatic carbocycles. The third-order valence-corrected chi connectivity index (χ3v) is 4.98. The molecule has 2 bridgehead atoms. The number of fused-ring (bicyclic) bond motifs is 2. The summed E-state index contributed by atoms with van der Waals surface area (Å²) in [4.78, 5) is 5.05. The van der Waals surface area contributed by atoms with Crippen LogP contribution in [0.1, 0.15) is 39.5 Å². The molecule has 0 amide bonds. The van der Waals surface area contributed by atoms with Gasteiger partial charge in [-0.2, -0.15) is 0 Å². The van der Waals surface area contributed by atoms with Crippen molar-refractivity contribution in [2.75, 3.05) is 26.7 Å². The van der Waals surface area contributed by atoms with Gasteiger partial charge < -0.3 is 5.11 Å². The predicted molar refractivity (Wildman–Crippen MR) is 71.1 cm³/mol. The minimum Gasteiger partial charge on any atom is -0.392 e. The van der Waals surface area contributed by atoms with Crippen LogP contribution in [0.3, 0.4) is 0 Å². The van der Waals surface area contributed by atoms with Gasteiger partial charge in [-0.1, -0.05) is 20.3 Å². The van der Waals surface area contributed by atoms with Crippen molar-refractivity contribution in [1.82, 2.24) is 9.80 Å². The zero-order valence-corrected chi connectivity index (χ0v) is 11.6. The Balaban J connectivity index is 1.86. The van der Waals surface area contributed by atoms with Gasteiger partial charge in [0, 0.05) is 25.2 Å². The van der Waals surface area contributed by atoms with Crippen LogP contribution in [0, 0.1) is 5.92 Å². The van der Waals surface area contributed by atoms with Gasteiger partial charge in [-0.05, 0) is 38.8 Å². The van der Waals surface area contributed by atoms with E-state index in [1.165, 1.54) is 25.8 Å². The van der Waals surface area contributed by atoms with Gasteiger partial charge in [-0.15, -0.1) is 0 Å². The van der Waals surface area contributed by atoms with Crippen LogP contribution in [0.2, 0.25) is 0 Å². The Morgan fingerprint density at radius 3 is 2.65 bits per heavy atom. The Kier molecular flexibility index (Phi) is 4.45. The summed E-state index contributed by atoms with van der Waals surface area (Å²) in [5.41, 5.74) is 0. The van der Waals surface area contributed by atoms with Gasteiger partial charge >= 0.3 is 0 Å². The summed E-state index contributed by atoms with van der Waals surface area (Å²) in [7, 11) is 2.27. The van der Waals surface area contributed by atoms with Gasteiger partial charge in [0.1, 0.15) is 0 Å². The summed E-state index contributed by atoms with van der Waals surface area (Å²) in [6.45, 7) is 7.50. The zero-order chi connectivity index (χ0) is 12.4. The largest absolute Gasteiger partial charge is 0.392 e. The Morgan fingerprint density at radius 2 is 1.94 bits per heavy atom. The maximum Gasteiger partial charge on any atom is 0.0692 e. The molecular formula is C14H28N2O. The molecule has 4 unspecified atom stereocenters. The number of rotatable bonds is 4. The molecule has 0 aromatic heterocycles. The average molecular weight is 240 g/mol. The van der Waals surface area contributed by atoms with Gasteiger partial charge in [0.2, 0.25) is 0 Å². The summed E-state index contributed by atoms with van der Waals surface area (Å²) in [6.07, 6.45) is 4.92. The van der Waals surface area contributed by atoms with E-state index in [-0.39, 0.29) is 6.10 Å². The van der Waals surface area contributed by atoms with Gasteiger partial charge in [0.25, 0.3) is 0 Å². The molecule has 2 rings (SSSR count). The van der Waals surface area contributed by atoms with Crippen molar-refractivity contribution >= 4 is 0 Å². The van der Waals surface area contributed by atoms with Gasteiger partial charge in [-0.3, -0.25) is 9.80 Å². The van der Waals surface area contributed by atoms with Crippen molar-refractivity contribution in [2.24, 2.45) is 5.92 Å². The van der Waals surface area contributed by atoms with Crippen molar-refractivity contribution < 1.29 is 5.11 Å². The smallest absolute Gasteiger partial charge is 0.0692 e. The van der Waals surface area contributed by atoms with E-state index >= 15 is 0 Å². The molecule has 2 aliphatic rings. The van der Waals surface area contributed by atoms with Crippen LogP contribution in [0.4, 0.5) is 0 Å². The fraction of sp³-hybridized carbons (Fsp3) is 1.00. The predicted octanol–water partition coefficient (Wildman–Crippen LogP) is 1.56. The monoisotopic (exact) mass is 240 g/mol. The minimum atomic E-state index is -0.151. The summed E-state index contributed by atoms with van der Waals surface area (Å²) >= 11 is 0. The van der Waals surface area contributed by atoms with Crippen molar-refractivity contribution in [3.63, 3.8) is 0 Å². The Bertz CT molecular complexity index is 246. The molecule has 100 valence electrons. The first-order valence-corrected chi connectivity index (χ1v) is 7.24. The summed E-state index contributed by atoms with van der Waals surface area (Å²) in [5, 5.41) is 10.1. The lowest BCUT2D eigenvalue weighted by atomic mass is 10.0. The SMILES string of the molecule is CCC(C)C(O)CN1CCC2CCC(C1)N2C. The summed E-state index contributed by atoms with van der Waals surface area (Å²) in [5.74, 6) is 0.424. The molecule has 0 saturated carbocycles. The number of nitrogens with zero attached hydrogens (tertiary/aromatic N) is 2. The van der Waals surface area contributed by atoms with Crippen LogP contribution < -0.4 is 0 Å². The Morgan fingerprint density at radius 1 is 1.24 bits per heavy atom. The van der Waals surface area contributed by atoms with E-state index in [9.17, 15) is 5.11 Å². The third kappa shape index (κ3) is 3.01. The van der Waals surface area contributed by atoms with Gasteiger partial charge in [0.05, 0.1) is 6.10 Å². The average Bonchev–Trinajstić information content (AvgIpc) is 2.56. The van der Waals surface area contributed by atoms with Crippen LogP contribution in [-0.2, 0) is 0 Å². The molecule has 3 heteroatoms. The number of likely N-dealkylation sites (N-methyl/N-ethyl adjacent to an activating group) is 1. The minimum absolute atomic E-state index is 0.151. The number of aliphatic hydroxyl groups excluding tert-OH is 1. The number of β-amino-alcohol motifs (C(OH)–C–C–N with tert-alkyl or cyclic N) is 1. The molecule has 0 radical (unpaired) electrons. The van der Waals surface area contributed by atoms with Crippen molar-refractivity contribution in [1.29, 1.82) is 0 Å². The first-order chi connectivity index (χ1) is 8.11. The van der Waals surface area contributed by atoms with Crippen LogP contribution in [0.15, 0.2) is 0 Å². The molecule has 2 heterocycles. The highest BCUT2D eigenvalue weighted by Gasteiger charge is 2.35. The fourth-order valence-electron chi connectivity index (χ4n) is 3.26. The highest BCUT2D eigenvalue weighted by atomic mass is 16.3. The third-order valence-electron chi connectivity index (χ3n) is 4.98. The number of hydrogen-bond donors (Lipinski definition) is 1. The zero-order valence-electron chi connectivity index (χ0n) is 11.6. The van der Waals surface area contributed by atoms with E-state index in [2.05, 4.69) is 30.7 Å². The highest BCUT2D eigenvalue weighted by Crippen LogP contribution is 2.28. The second-order valence-electron chi connectivity index (χ2n) is 6.05. The second kappa shape index (κ2) is 5.68. The molecule has 0 spiro atoms. The van der Waals surface area contributed by atoms with Crippen LogP contribution in [-0.4, -0.2) is 59.8 Å². The lowest BCUT2D eigenvalue weighted by Crippen LogP contribution is -2.41. The van der Waals surface area contributed by atoms with E-state index in [4.69, 9.17) is 0 Å². The standard InChI is InChI=1S/C14H28N2O/c1-4-11(2)14(17)10-16-8-7-12-5-6-13(9-16)15(12)3/h11-14,17H,4-10H2,1-3H3. The summed E-state index contributed by atoms with van der Waals surface area (Å²) in [6, 6.07) is 1.53. The maximum absolute atomic E-state index is 10.1. The van der Waals surface area contributed by atoms with E-state index in [1.54, 1.807) is 0 Å². The van der Waals surface area contributed by atoms with E-state index in [0.717, 1.165) is 31.6 Å².